The molecular weight excluding hydrogens is 1240 g/mol. The normalized spacial score (nSPS) is 11.7. The van der Waals surface area contributed by atoms with Gasteiger partial charge in [0.25, 0.3) is 17.1 Å². The summed E-state index contributed by atoms with van der Waals surface area (Å²) >= 11 is 3.26. The SMILES string of the molecule is CC1=CN=C(C)C1.CC1=Nc2ccc(C)cc2C1.Cc1cc2oc(C)cc2o1.Cc1cc2oc(C)nc2o1.Cc1ccc2cc(C)ccc2c1.Cc1ccc2nc(C)oc2c1.Cc1cnc(C)o1.Cc1cnc(C)s1.Cc1nc2nc(C)sc2o1.Cc1nc2oc(C)nc2o1. The zero-order chi connectivity index (χ0) is 68.6. The Morgan fingerprint density at radius 3 is 1.40 bits per heavy atom. The lowest BCUT2D eigenvalue weighted by molar-refractivity contribution is 0.494. The number of furan rings is 3. The number of aliphatic imine (C=N–C) groups is 2. The van der Waals surface area contributed by atoms with E-state index in [1.165, 1.54) is 71.8 Å². The molecule has 0 saturated carbocycles. The molecule has 95 heavy (non-hydrogen) atoms. The lowest BCUT2D eigenvalue weighted by Gasteiger charge is -1.99. The zero-order valence-corrected chi connectivity index (χ0v) is 59.4. The first-order valence-electron chi connectivity index (χ1n) is 30.8. The molecule has 11 aromatic heterocycles. The number of hydrogen-bond donors (Lipinski definition) is 0. The van der Waals surface area contributed by atoms with Crippen molar-refractivity contribution in [3.63, 3.8) is 0 Å². The van der Waals surface area contributed by atoms with E-state index in [0.29, 0.717) is 40.7 Å². The zero-order valence-electron chi connectivity index (χ0n) is 57.8. The molecule has 0 amide bonds. The quantitative estimate of drug-likeness (QED) is 0.137. The largest absolute Gasteiger partial charge is 0.458 e. The molecule has 0 bridgehead atoms. The minimum atomic E-state index is 0.481. The monoisotopic (exact) mass is 1320 g/mol. The number of nitrogens with zero attached hydrogens (tertiary/aromatic N) is 10. The highest BCUT2D eigenvalue weighted by Crippen LogP contribution is 2.28. The van der Waals surface area contributed by atoms with Crippen LogP contribution in [-0.4, -0.2) is 51.3 Å². The Morgan fingerprint density at radius 1 is 0.358 bits per heavy atom. The summed E-state index contributed by atoms with van der Waals surface area (Å²) in [6, 6.07) is 31.1. The van der Waals surface area contributed by atoms with Gasteiger partial charge in [0.1, 0.15) is 28.6 Å². The van der Waals surface area contributed by atoms with Crippen molar-refractivity contribution in [2.75, 3.05) is 0 Å². The predicted molar refractivity (Wildman–Crippen MR) is 380 cm³/mol. The number of thiazole rings is 2. The van der Waals surface area contributed by atoms with Gasteiger partial charge in [0.05, 0.1) is 21.9 Å². The molecule has 0 atom stereocenters. The van der Waals surface area contributed by atoms with Crippen LogP contribution in [0.3, 0.4) is 0 Å². The second-order valence-corrected chi connectivity index (χ2v) is 25.7. The van der Waals surface area contributed by atoms with Crippen molar-refractivity contribution in [1.82, 2.24) is 39.9 Å². The van der Waals surface area contributed by atoms with Crippen LogP contribution in [-0.2, 0) is 6.42 Å². The molecule has 21 heteroatoms. The smallest absolute Gasteiger partial charge is 0.288 e. The molecule has 4 aromatic carbocycles. The van der Waals surface area contributed by atoms with Gasteiger partial charge in [-0.15, -0.1) is 11.3 Å². The molecule has 15 aromatic rings. The molecule has 2 aliphatic heterocycles. The third-order valence-corrected chi connectivity index (χ3v) is 15.1. The van der Waals surface area contributed by atoms with Gasteiger partial charge in [0.2, 0.25) is 10.5 Å². The van der Waals surface area contributed by atoms with E-state index in [0.717, 1.165) is 102 Å². The maximum Gasteiger partial charge on any atom is 0.288 e. The average Bonchev–Trinajstić information content (AvgIpc) is 1.79. The molecule has 0 saturated heterocycles. The number of fused-ring (bicyclic) bond motifs is 7. The molecule has 0 N–H and O–H groups in total. The maximum absolute atomic E-state index is 5.34. The minimum Gasteiger partial charge on any atom is -0.458 e. The van der Waals surface area contributed by atoms with Crippen LogP contribution in [0.25, 0.3) is 66.3 Å². The van der Waals surface area contributed by atoms with Crippen molar-refractivity contribution < 1.29 is 39.8 Å². The highest BCUT2D eigenvalue weighted by molar-refractivity contribution is 7.17. The molecule has 2 aliphatic rings. The molecule has 0 unspecified atom stereocenters. The van der Waals surface area contributed by atoms with E-state index < -0.39 is 0 Å². The Morgan fingerprint density at radius 2 is 0.895 bits per heavy atom. The topological polar surface area (TPSA) is 246 Å². The molecule has 17 rings (SSSR count). The van der Waals surface area contributed by atoms with Crippen LogP contribution in [0.2, 0.25) is 0 Å². The van der Waals surface area contributed by atoms with E-state index in [-0.39, 0.29) is 0 Å². The Hall–Kier alpha value is -10.1. The van der Waals surface area contributed by atoms with E-state index in [1.807, 2.05) is 125 Å². The standard InChI is InChI=1S/C12H12.C10H11N.C9H9NO.C8H8O2.C7H7NO2.C6H6N2O2.C6H6N2OS.C6H9N.C5H7NO.C5H7NS/c1-9-3-5-12-8-10(2)4-6-11(12)7-9;1-7-3-4-10-9(5-7)6-8(2)11-10;1-6-3-4-8-9(5-6)11-7(2)10-8;1-5-3-7-8(9-5)4-6(2)10-7;1-4-3-6-7(9-4)8-5(2)10-6;1-3-7-5-6(9-3)8-4(2)10-5;1-3-7-5-6(9-3)10-4(2)8-5;1-5-3-6(2)7-4-5;2*1-4-3-6-5(2)7-4/h3-8H,1-2H3;3-5H,6H2,1-2H3;3-5H,1-2H3;3-4H,1-2H3;3H,1-2H3;2*1-2H3;4H,3H2,1-2H3;2*3H,1-2H3. The first-order chi connectivity index (χ1) is 45.1. The first-order valence-corrected chi connectivity index (χ1v) is 32.4. The first kappa shape index (κ1) is 70.7. The van der Waals surface area contributed by atoms with E-state index >= 15 is 0 Å². The van der Waals surface area contributed by atoms with E-state index in [1.54, 1.807) is 38.3 Å². The molecule has 0 fully saturated rings. The van der Waals surface area contributed by atoms with Crippen LogP contribution in [0, 0.1) is 118 Å². The molecule has 0 radical (unpaired) electrons. The summed E-state index contributed by atoms with van der Waals surface area (Å²) in [5.41, 5.74) is 18.1. The molecule has 13 heterocycles. The van der Waals surface area contributed by atoms with Gasteiger partial charge in [-0.2, -0.15) is 19.9 Å². The second-order valence-electron chi connectivity index (χ2n) is 23.1. The fourth-order valence-corrected chi connectivity index (χ4v) is 10.9. The van der Waals surface area contributed by atoms with Gasteiger partial charge in [-0.1, -0.05) is 82.6 Å². The number of aromatic nitrogens is 8. The molecule has 19 nitrogen and oxygen atoms in total. The average molecular weight is 1320 g/mol. The van der Waals surface area contributed by atoms with E-state index in [4.69, 9.17) is 39.8 Å². The van der Waals surface area contributed by atoms with Crippen molar-refractivity contribution >= 4 is 106 Å². The molecular formula is C74H82N10O9S2. The summed E-state index contributed by atoms with van der Waals surface area (Å²) in [5, 5.41) is 4.82. The fraction of sp³-hybridized carbons (Fsp3) is 0.297. The molecule has 494 valence electrons. The number of benzene rings is 4. The lowest BCUT2D eigenvalue weighted by atomic mass is 10.1. The molecule has 0 aliphatic carbocycles. The van der Waals surface area contributed by atoms with Crippen molar-refractivity contribution in [3.8, 4) is 0 Å². The fourth-order valence-electron chi connectivity index (χ4n) is 9.48. The number of allylic oxidation sites excluding steroid dienone is 1. The Bertz CT molecular complexity index is 4410. The van der Waals surface area contributed by atoms with E-state index in [9.17, 15) is 0 Å². The number of hydrogen-bond acceptors (Lipinski definition) is 21. The summed E-state index contributed by atoms with van der Waals surface area (Å²) in [5.74, 6) is 7.47. The van der Waals surface area contributed by atoms with Crippen molar-refractivity contribution in [1.29, 1.82) is 0 Å². The second kappa shape index (κ2) is 32.6. The van der Waals surface area contributed by atoms with Crippen LogP contribution in [0.5, 0.6) is 0 Å². The summed E-state index contributed by atoms with van der Waals surface area (Å²) in [6.45, 7) is 39.0. The van der Waals surface area contributed by atoms with Gasteiger partial charge >= 0.3 is 0 Å². The number of aryl methyl sites for hydroxylation is 17. The van der Waals surface area contributed by atoms with Gasteiger partial charge in [0.15, 0.2) is 57.7 Å². The van der Waals surface area contributed by atoms with Gasteiger partial charge in [0, 0.05) is 101 Å². The summed E-state index contributed by atoms with van der Waals surface area (Å²) in [7, 11) is 0. The predicted octanol–water partition coefficient (Wildman–Crippen LogP) is 21.4. The van der Waals surface area contributed by atoms with Crippen molar-refractivity contribution in [2.45, 2.75) is 151 Å². The van der Waals surface area contributed by atoms with Gasteiger partial charge in [-0.3, -0.25) is 9.98 Å². The minimum absolute atomic E-state index is 0.481. The number of oxazole rings is 6. The van der Waals surface area contributed by atoms with Crippen LogP contribution in [0.1, 0.15) is 128 Å². The highest BCUT2D eigenvalue weighted by Gasteiger charge is 2.12. The third kappa shape index (κ3) is 21.7. The summed E-state index contributed by atoms with van der Waals surface area (Å²) in [6.07, 6.45) is 7.64. The summed E-state index contributed by atoms with van der Waals surface area (Å²) < 4.78 is 46.6. The van der Waals surface area contributed by atoms with Crippen LogP contribution in [0.4, 0.5) is 5.69 Å². The van der Waals surface area contributed by atoms with Gasteiger partial charge in [-0.05, 0) is 143 Å². The Kier molecular flexibility index (Phi) is 24.3. The van der Waals surface area contributed by atoms with Crippen molar-refractivity contribution in [2.24, 2.45) is 9.98 Å². The van der Waals surface area contributed by atoms with Crippen molar-refractivity contribution in [3.05, 3.63) is 216 Å². The maximum atomic E-state index is 5.34. The van der Waals surface area contributed by atoms with Gasteiger partial charge < -0.3 is 39.8 Å². The van der Waals surface area contributed by atoms with Crippen LogP contribution >= 0.6 is 22.7 Å². The van der Waals surface area contributed by atoms with E-state index in [2.05, 4.69) is 146 Å². The van der Waals surface area contributed by atoms with Gasteiger partial charge in [-0.25, -0.2) is 19.9 Å². The summed E-state index contributed by atoms with van der Waals surface area (Å²) in [4.78, 5) is 42.8. The number of rotatable bonds is 0. The highest BCUT2D eigenvalue weighted by atomic mass is 32.1. The van der Waals surface area contributed by atoms with Crippen LogP contribution < -0.4 is 0 Å². The Balaban J connectivity index is 0.000000136. The lowest BCUT2D eigenvalue weighted by Crippen LogP contribution is -1.88. The molecule has 0 spiro atoms. The third-order valence-electron chi connectivity index (χ3n) is 13.5. The Labute approximate surface area is 560 Å². The van der Waals surface area contributed by atoms with Crippen LogP contribution in [0.15, 0.2) is 165 Å².